The normalized spacial score (nSPS) is 20.6. The molecule has 2 saturated heterocycles. The molecule has 0 unspecified atom stereocenters. The standard InChI is InChI=1S/C28H29N9O2/c29-13-17-1-6-26(33-14-17)36-9-7-19(8-10-36)34-23-12-25(32-16-22(23)27(30)38)35-24-5-4-21(15-31-24)37-20-3-2-18(11-20)28(37)39/h1,4-6,12,14-16,18-20H,2-3,7-11H2,(H2,30,38)(H2,31,32,34,35)/t18-,20+/m0/s1. The van der Waals surface area contributed by atoms with Crippen LogP contribution in [0.25, 0.3) is 0 Å². The molecule has 5 heterocycles. The Balaban J connectivity index is 1.11. The fourth-order valence-electron chi connectivity index (χ4n) is 5.82. The Hall–Kier alpha value is -4.72. The van der Waals surface area contributed by atoms with Gasteiger partial charge < -0.3 is 26.2 Å². The molecule has 0 spiro atoms. The molecule has 0 radical (unpaired) electrons. The van der Waals surface area contributed by atoms with E-state index in [2.05, 4.69) is 36.6 Å². The fraction of sp³-hybridized carbons (Fsp3) is 0.357. The lowest BCUT2D eigenvalue weighted by atomic mass is 10.0. The molecule has 3 aromatic rings. The largest absolute Gasteiger partial charge is 0.381 e. The van der Waals surface area contributed by atoms with E-state index in [0.29, 0.717) is 28.5 Å². The predicted octanol–water partition coefficient (Wildman–Crippen LogP) is 3.18. The summed E-state index contributed by atoms with van der Waals surface area (Å²) in [5.41, 5.74) is 7.93. The van der Waals surface area contributed by atoms with Gasteiger partial charge >= 0.3 is 0 Å². The van der Waals surface area contributed by atoms with Crippen molar-refractivity contribution in [3.8, 4) is 6.07 Å². The van der Waals surface area contributed by atoms with Crippen LogP contribution < -0.4 is 26.2 Å². The van der Waals surface area contributed by atoms with Crippen molar-refractivity contribution in [1.29, 1.82) is 5.26 Å². The number of amides is 2. The number of nitrogens with zero attached hydrogens (tertiary/aromatic N) is 6. The Kier molecular flexibility index (Phi) is 6.44. The molecule has 2 aliphatic heterocycles. The van der Waals surface area contributed by atoms with Crippen molar-refractivity contribution in [3.05, 3.63) is 60.0 Å². The molecular weight excluding hydrogens is 494 g/mol. The van der Waals surface area contributed by atoms with E-state index in [4.69, 9.17) is 11.0 Å². The zero-order valence-electron chi connectivity index (χ0n) is 21.4. The van der Waals surface area contributed by atoms with Gasteiger partial charge in [0.1, 0.15) is 23.5 Å². The van der Waals surface area contributed by atoms with Crippen molar-refractivity contribution in [2.24, 2.45) is 11.7 Å². The number of hydrogen-bond acceptors (Lipinski definition) is 9. The van der Waals surface area contributed by atoms with Crippen LogP contribution in [0.1, 0.15) is 48.0 Å². The van der Waals surface area contributed by atoms with E-state index >= 15 is 0 Å². The predicted molar refractivity (Wildman–Crippen MR) is 147 cm³/mol. The van der Waals surface area contributed by atoms with E-state index in [0.717, 1.165) is 56.7 Å². The first-order valence-electron chi connectivity index (χ1n) is 13.2. The zero-order valence-corrected chi connectivity index (χ0v) is 21.4. The number of anilines is 5. The number of nitrogens with one attached hydrogen (secondary N) is 2. The molecule has 2 bridgehead atoms. The van der Waals surface area contributed by atoms with E-state index in [-0.39, 0.29) is 23.9 Å². The molecule has 1 saturated carbocycles. The summed E-state index contributed by atoms with van der Waals surface area (Å²) in [6.07, 6.45) is 9.43. The molecule has 11 nitrogen and oxygen atoms in total. The number of aromatic nitrogens is 3. The molecule has 3 fully saturated rings. The van der Waals surface area contributed by atoms with Gasteiger partial charge in [-0.05, 0) is 56.4 Å². The number of hydrogen-bond donors (Lipinski definition) is 3. The molecule has 3 aliphatic rings. The van der Waals surface area contributed by atoms with E-state index < -0.39 is 5.91 Å². The number of nitrogens with two attached hydrogens (primary N) is 1. The highest BCUT2D eigenvalue weighted by Gasteiger charge is 2.45. The van der Waals surface area contributed by atoms with Crippen LogP contribution in [0, 0.1) is 17.2 Å². The minimum absolute atomic E-state index is 0.138. The van der Waals surface area contributed by atoms with E-state index in [1.54, 1.807) is 24.5 Å². The smallest absolute Gasteiger partial charge is 0.252 e. The van der Waals surface area contributed by atoms with Gasteiger partial charge in [-0.2, -0.15) is 5.26 Å². The number of nitriles is 1. The minimum atomic E-state index is -0.553. The molecule has 1 aliphatic carbocycles. The lowest BCUT2D eigenvalue weighted by Crippen LogP contribution is -2.39. The molecule has 39 heavy (non-hydrogen) atoms. The average molecular weight is 524 g/mol. The third kappa shape index (κ3) is 4.93. The Morgan fingerprint density at radius 3 is 2.46 bits per heavy atom. The van der Waals surface area contributed by atoms with Crippen LogP contribution in [-0.2, 0) is 4.79 Å². The van der Waals surface area contributed by atoms with Gasteiger partial charge in [-0.1, -0.05) is 0 Å². The molecule has 0 aromatic carbocycles. The molecule has 2 atom stereocenters. The van der Waals surface area contributed by atoms with Crippen molar-refractivity contribution in [2.45, 2.75) is 44.2 Å². The molecule has 6 rings (SSSR count). The first kappa shape index (κ1) is 24.6. The van der Waals surface area contributed by atoms with Gasteiger partial charge in [-0.3, -0.25) is 9.59 Å². The topological polar surface area (TPSA) is 153 Å². The maximum absolute atomic E-state index is 12.6. The van der Waals surface area contributed by atoms with Gasteiger partial charge in [0.15, 0.2) is 0 Å². The number of primary amides is 1. The highest BCUT2D eigenvalue weighted by molar-refractivity contribution is 5.99. The van der Waals surface area contributed by atoms with Crippen molar-refractivity contribution in [1.82, 2.24) is 15.0 Å². The van der Waals surface area contributed by atoms with E-state index in [9.17, 15) is 9.59 Å². The van der Waals surface area contributed by atoms with Gasteiger partial charge in [0, 0.05) is 49.6 Å². The van der Waals surface area contributed by atoms with Gasteiger partial charge in [0.2, 0.25) is 5.91 Å². The Morgan fingerprint density at radius 2 is 1.82 bits per heavy atom. The lowest BCUT2D eigenvalue weighted by molar-refractivity contribution is -0.121. The number of piperidine rings is 2. The summed E-state index contributed by atoms with van der Waals surface area (Å²) in [6, 6.07) is 11.7. The monoisotopic (exact) mass is 523 g/mol. The Labute approximate surface area is 226 Å². The summed E-state index contributed by atoms with van der Waals surface area (Å²) >= 11 is 0. The van der Waals surface area contributed by atoms with Crippen LogP contribution in [-0.4, -0.2) is 51.9 Å². The molecule has 2 amide bonds. The van der Waals surface area contributed by atoms with Crippen molar-refractivity contribution in [3.63, 3.8) is 0 Å². The highest BCUT2D eigenvalue weighted by Crippen LogP contribution is 2.41. The van der Waals surface area contributed by atoms with Gasteiger partial charge in [-0.15, -0.1) is 0 Å². The summed E-state index contributed by atoms with van der Waals surface area (Å²) in [6.45, 7) is 1.58. The lowest BCUT2D eigenvalue weighted by Gasteiger charge is -2.34. The molecule has 3 aromatic heterocycles. The number of pyridine rings is 3. The van der Waals surface area contributed by atoms with Crippen molar-refractivity contribution >= 4 is 40.6 Å². The third-order valence-electron chi connectivity index (χ3n) is 7.86. The van der Waals surface area contributed by atoms with Crippen LogP contribution >= 0.6 is 0 Å². The SMILES string of the molecule is N#Cc1ccc(N2CCC(Nc3cc(Nc4ccc(N5C(=O)[C@H]6CC[C@@H]5C6)cn4)ncc3C(N)=O)CC2)nc1. The molecule has 11 heteroatoms. The van der Waals surface area contributed by atoms with Crippen molar-refractivity contribution in [2.75, 3.05) is 33.5 Å². The summed E-state index contributed by atoms with van der Waals surface area (Å²) < 4.78 is 0. The summed E-state index contributed by atoms with van der Waals surface area (Å²) in [5, 5.41) is 15.7. The summed E-state index contributed by atoms with van der Waals surface area (Å²) in [5.74, 6) is 1.77. The number of carbonyl (C=O) groups excluding carboxylic acids is 2. The second-order valence-corrected chi connectivity index (χ2v) is 10.3. The summed E-state index contributed by atoms with van der Waals surface area (Å²) in [7, 11) is 0. The minimum Gasteiger partial charge on any atom is -0.381 e. The molecule has 198 valence electrons. The summed E-state index contributed by atoms with van der Waals surface area (Å²) in [4.78, 5) is 42.0. The van der Waals surface area contributed by atoms with Crippen LogP contribution in [0.2, 0.25) is 0 Å². The third-order valence-corrected chi connectivity index (χ3v) is 7.86. The second-order valence-electron chi connectivity index (χ2n) is 10.3. The maximum Gasteiger partial charge on any atom is 0.252 e. The first-order valence-corrected chi connectivity index (χ1v) is 13.2. The number of carbonyl (C=O) groups is 2. The van der Waals surface area contributed by atoms with Gasteiger partial charge in [0.25, 0.3) is 5.91 Å². The zero-order chi connectivity index (χ0) is 26.9. The number of rotatable bonds is 7. The van der Waals surface area contributed by atoms with Gasteiger partial charge in [-0.25, -0.2) is 15.0 Å². The fourth-order valence-corrected chi connectivity index (χ4v) is 5.82. The first-order chi connectivity index (χ1) is 19.0. The van der Waals surface area contributed by atoms with Crippen LogP contribution in [0.15, 0.2) is 48.9 Å². The number of fused-ring (bicyclic) bond motifs is 2. The molecular formula is C28H29N9O2. The average Bonchev–Trinajstić information content (AvgIpc) is 3.56. The Bertz CT molecular complexity index is 1430. The maximum atomic E-state index is 12.6. The van der Waals surface area contributed by atoms with Crippen molar-refractivity contribution < 1.29 is 9.59 Å². The van der Waals surface area contributed by atoms with E-state index in [1.807, 2.05) is 23.1 Å². The second kappa shape index (κ2) is 10.2. The van der Waals surface area contributed by atoms with E-state index in [1.165, 1.54) is 6.20 Å². The van der Waals surface area contributed by atoms with Crippen LogP contribution in [0.4, 0.5) is 28.8 Å². The highest BCUT2D eigenvalue weighted by atomic mass is 16.2. The molecule has 4 N–H and O–H groups in total. The van der Waals surface area contributed by atoms with Crippen LogP contribution in [0.3, 0.4) is 0 Å². The van der Waals surface area contributed by atoms with Crippen LogP contribution in [0.5, 0.6) is 0 Å². The quantitative estimate of drug-likeness (QED) is 0.424. The Morgan fingerprint density at radius 1 is 1.00 bits per heavy atom. The van der Waals surface area contributed by atoms with Gasteiger partial charge in [0.05, 0.1) is 28.7 Å².